The first-order chi connectivity index (χ1) is 12.8. The van der Waals surface area contributed by atoms with E-state index in [0.29, 0.717) is 18.2 Å². The zero-order valence-electron chi connectivity index (χ0n) is 14.0. The van der Waals surface area contributed by atoms with Crippen molar-refractivity contribution in [2.75, 3.05) is 12.4 Å². The molecular weight excluding hydrogens is 368 g/mol. The number of benzene rings is 2. The van der Waals surface area contributed by atoms with Crippen LogP contribution in [-0.2, 0) is 12.3 Å². The minimum absolute atomic E-state index is 0.627. The molecule has 0 amide bonds. The van der Waals surface area contributed by atoms with Crippen LogP contribution in [0.25, 0.3) is 11.1 Å². The number of nitrogens with one attached hydrogen (secondary N) is 1. The Kier molecular flexibility index (Phi) is 5.03. The van der Waals surface area contributed by atoms with Crippen molar-refractivity contribution in [2.45, 2.75) is 16.6 Å². The first-order valence-electron chi connectivity index (χ1n) is 7.98. The van der Waals surface area contributed by atoms with E-state index in [1.54, 1.807) is 18.9 Å². The molecule has 8 heteroatoms. The molecule has 2 aromatic carbocycles. The van der Waals surface area contributed by atoms with Gasteiger partial charge in [-0.05, 0) is 29.8 Å². The van der Waals surface area contributed by atoms with E-state index >= 15 is 0 Å². The average Bonchev–Trinajstić information content (AvgIpc) is 3.31. The highest BCUT2D eigenvalue weighted by Crippen LogP contribution is 2.29. The quantitative estimate of drug-likeness (QED) is 0.467. The second-order valence-electron chi connectivity index (χ2n) is 5.44. The number of hydrogen-bond donors (Lipinski definition) is 1. The predicted molar refractivity (Wildman–Crippen MR) is 104 cm³/mol. The average molecular weight is 384 g/mol. The standard InChI is InChI=1S/C18H16N4O2S2/c1-23-13-8-6-12(7-9-13)10-19-17-21-22-18(26-17)25-11-16-20-14-4-2-3-5-15(14)24-16/h2-9H,10-11H2,1H3,(H,19,21). The van der Waals surface area contributed by atoms with Gasteiger partial charge in [-0.2, -0.15) is 0 Å². The lowest BCUT2D eigenvalue weighted by molar-refractivity contribution is 0.414. The highest BCUT2D eigenvalue weighted by Gasteiger charge is 2.09. The number of hydrogen-bond acceptors (Lipinski definition) is 8. The summed E-state index contributed by atoms with van der Waals surface area (Å²) < 4.78 is 11.8. The molecule has 0 aliphatic rings. The topological polar surface area (TPSA) is 73.1 Å². The maximum atomic E-state index is 5.72. The van der Waals surface area contributed by atoms with Gasteiger partial charge in [-0.15, -0.1) is 10.2 Å². The zero-order chi connectivity index (χ0) is 17.8. The summed E-state index contributed by atoms with van der Waals surface area (Å²) in [5, 5.41) is 12.5. The predicted octanol–water partition coefficient (Wildman–Crippen LogP) is 4.59. The maximum Gasteiger partial charge on any atom is 0.206 e. The van der Waals surface area contributed by atoms with Crippen molar-refractivity contribution in [1.29, 1.82) is 0 Å². The van der Waals surface area contributed by atoms with E-state index in [4.69, 9.17) is 9.15 Å². The molecule has 2 heterocycles. The second kappa shape index (κ2) is 7.76. The Hall–Kier alpha value is -2.58. The fraction of sp³-hybridized carbons (Fsp3) is 0.167. The number of fused-ring (bicyclic) bond motifs is 1. The summed E-state index contributed by atoms with van der Waals surface area (Å²) in [6, 6.07) is 15.7. The van der Waals surface area contributed by atoms with Crippen molar-refractivity contribution in [1.82, 2.24) is 15.2 Å². The third-order valence-corrected chi connectivity index (χ3v) is 5.67. The van der Waals surface area contributed by atoms with Crippen LogP contribution in [0, 0.1) is 0 Å². The summed E-state index contributed by atoms with van der Waals surface area (Å²) in [5.41, 5.74) is 2.84. The van der Waals surface area contributed by atoms with Gasteiger partial charge < -0.3 is 14.5 Å². The third kappa shape index (κ3) is 3.97. The molecule has 6 nitrogen and oxygen atoms in total. The first-order valence-corrected chi connectivity index (χ1v) is 9.78. The van der Waals surface area contributed by atoms with E-state index in [0.717, 1.165) is 31.9 Å². The van der Waals surface area contributed by atoms with E-state index in [1.165, 1.54) is 11.3 Å². The number of nitrogens with zero attached hydrogens (tertiary/aromatic N) is 3. The van der Waals surface area contributed by atoms with Gasteiger partial charge in [0, 0.05) is 6.54 Å². The molecule has 0 bridgehead atoms. The Balaban J connectivity index is 1.32. The van der Waals surface area contributed by atoms with Gasteiger partial charge in [-0.25, -0.2) is 4.98 Å². The highest BCUT2D eigenvalue weighted by atomic mass is 32.2. The van der Waals surface area contributed by atoms with Crippen LogP contribution < -0.4 is 10.1 Å². The van der Waals surface area contributed by atoms with E-state index in [9.17, 15) is 0 Å². The smallest absolute Gasteiger partial charge is 0.206 e. The number of thioether (sulfide) groups is 1. The van der Waals surface area contributed by atoms with Gasteiger partial charge in [-0.3, -0.25) is 0 Å². The zero-order valence-corrected chi connectivity index (χ0v) is 15.6. The molecule has 0 saturated carbocycles. The lowest BCUT2D eigenvalue weighted by atomic mass is 10.2. The Bertz CT molecular complexity index is 965. The van der Waals surface area contributed by atoms with E-state index in [2.05, 4.69) is 20.5 Å². The molecule has 26 heavy (non-hydrogen) atoms. The van der Waals surface area contributed by atoms with E-state index in [1.807, 2.05) is 48.5 Å². The number of rotatable bonds is 7. The fourth-order valence-electron chi connectivity index (χ4n) is 2.37. The van der Waals surface area contributed by atoms with Crippen LogP contribution in [-0.4, -0.2) is 22.3 Å². The summed E-state index contributed by atoms with van der Waals surface area (Å²) in [6.07, 6.45) is 0. The number of methoxy groups -OCH3 is 1. The Morgan fingerprint density at radius 3 is 2.77 bits per heavy atom. The summed E-state index contributed by atoms with van der Waals surface area (Å²) in [7, 11) is 1.66. The molecular formula is C18H16N4O2S2. The molecule has 0 atom stereocenters. The lowest BCUT2D eigenvalue weighted by Crippen LogP contribution is -1.98. The van der Waals surface area contributed by atoms with Crippen LogP contribution >= 0.6 is 23.1 Å². The molecule has 4 aromatic rings. The molecule has 0 radical (unpaired) electrons. The van der Waals surface area contributed by atoms with Crippen molar-refractivity contribution < 1.29 is 9.15 Å². The SMILES string of the molecule is COc1ccc(CNc2nnc(SCc3nc4ccccc4o3)s2)cc1. The molecule has 4 rings (SSSR count). The molecule has 0 spiro atoms. The van der Waals surface area contributed by atoms with Crippen LogP contribution in [0.5, 0.6) is 5.75 Å². The van der Waals surface area contributed by atoms with Gasteiger partial charge in [-0.1, -0.05) is 47.4 Å². The van der Waals surface area contributed by atoms with Crippen LogP contribution in [0.3, 0.4) is 0 Å². The maximum absolute atomic E-state index is 5.72. The molecule has 1 N–H and O–H groups in total. The van der Waals surface area contributed by atoms with Crippen LogP contribution in [0.2, 0.25) is 0 Å². The number of oxazole rings is 1. The van der Waals surface area contributed by atoms with E-state index in [-0.39, 0.29) is 0 Å². The molecule has 0 aliphatic carbocycles. The van der Waals surface area contributed by atoms with Crippen molar-refractivity contribution >= 4 is 39.3 Å². The van der Waals surface area contributed by atoms with Crippen molar-refractivity contribution in [3.05, 3.63) is 60.0 Å². The molecule has 0 aliphatic heterocycles. The lowest BCUT2D eigenvalue weighted by Gasteiger charge is -2.03. The van der Waals surface area contributed by atoms with Crippen LogP contribution in [0.4, 0.5) is 5.13 Å². The van der Waals surface area contributed by atoms with Gasteiger partial charge in [0.05, 0.1) is 12.9 Å². The summed E-state index contributed by atoms with van der Waals surface area (Å²) in [5.74, 6) is 2.17. The number of anilines is 1. The second-order valence-corrected chi connectivity index (χ2v) is 7.64. The normalized spacial score (nSPS) is 11.0. The molecule has 0 unspecified atom stereocenters. The van der Waals surface area contributed by atoms with Gasteiger partial charge in [0.15, 0.2) is 9.92 Å². The number of para-hydroxylation sites is 2. The Morgan fingerprint density at radius 1 is 1.12 bits per heavy atom. The molecule has 2 aromatic heterocycles. The molecule has 132 valence electrons. The Labute approximate surface area is 158 Å². The van der Waals surface area contributed by atoms with Crippen LogP contribution in [0.15, 0.2) is 57.3 Å². The third-order valence-electron chi connectivity index (χ3n) is 3.67. The van der Waals surface area contributed by atoms with Crippen LogP contribution in [0.1, 0.15) is 11.5 Å². The summed E-state index contributed by atoms with van der Waals surface area (Å²) in [4.78, 5) is 4.47. The van der Waals surface area contributed by atoms with Crippen molar-refractivity contribution in [3.8, 4) is 5.75 Å². The molecule has 0 saturated heterocycles. The van der Waals surface area contributed by atoms with Gasteiger partial charge in [0.2, 0.25) is 11.0 Å². The molecule has 0 fully saturated rings. The Morgan fingerprint density at radius 2 is 1.96 bits per heavy atom. The van der Waals surface area contributed by atoms with Crippen molar-refractivity contribution in [2.24, 2.45) is 0 Å². The fourth-order valence-corrected chi connectivity index (χ4v) is 3.96. The minimum Gasteiger partial charge on any atom is -0.497 e. The van der Waals surface area contributed by atoms with Crippen molar-refractivity contribution in [3.63, 3.8) is 0 Å². The minimum atomic E-state index is 0.627. The van der Waals surface area contributed by atoms with E-state index < -0.39 is 0 Å². The number of ether oxygens (including phenoxy) is 1. The first kappa shape index (κ1) is 16.9. The monoisotopic (exact) mass is 384 g/mol. The number of aromatic nitrogens is 3. The largest absolute Gasteiger partial charge is 0.497 e. The van der Waals surface area contributed by atoms with Gasteiger partial charge in [0.1, 0.15) is 11.3 Å². The van der Waals surface area contributed by atoms with Gasteiger partial charge >= 0.3 is 0 Å². The summed E-state index contributed by atoms with van der Waals surface area (Å²) >= 11 is 3.09. The highest BCUT2D eigenvalue weighted by molar-refractivity contribution is 8.00. The van der Waals surface area contributed by atoms with Gasteiger partial charge in [0.25, 0.3) is 0 Å². The summed E-state index contributed by atoms with van der Waals surface area (Å²) in [6.45, 7) is 0.689.